The number of nitrogens with zero attached hydrogens (tertiary/aromatic N) is 1. The zero-order chi connectivity index (χ0) is 22.8. The average Bonchev–Trinajstić information content (AvgIpc) is 3.16. The van der Waals surface area contributed by atoms with E-state index in [1.165, 1.54) is 5.56 Å². The fourth-order valence-electron chi connectivity index (χ4n) is 4.02. The molecule has 6 heteroatoms. The van der Waals surface area contributed by atoms with Gasteiger partial charge in [0.1, 0.15) is 0 Å². The van der Waals surface area contributed by atoms with Gasteiger partial charge in [-0.1, -0.05) is 48.9 Å². The lowest BCUT2D eigenvalue weighted by atomic mass is 9.99. The van der Waals surface area contributed by atoms with Crippen LogP contribution in [0.2, 0.25) is 5.02 Å². The fraction of sp³-hybridized carbons (Fsp3) is 0.111. The fourth-order valence-corrected chi connectivity index (χ4v) is 4.20. The van der Waals surface area contributed by atoms with Crippen molar-refractivity contribution >= 4 is 51.1 Å². The highest BCUT2D eigenvalue weighted by atomic mass is 35.5. The molecule has 0 saturated carbocycles. The maximum absolute atomic E-state index is 13.1. The molecule has 1 aliphatic heterocycles. The molecule has 4 aromatic rings. The molecule has 0 radical (unpaired) electrons. The maximum Gasteiger partial charge on any atom is 0.258 e. The average molecular weight is 455 g/mol. The van der Waals surface area contributed by atoms with Crippen LogP contribution < -0.4 is 16.0 Å². The highest BCUT2D eigenvalue weighted by Gasteiger charge is 2.28. The summed E-state index contributed by atoms with van der Waals surface area (Å²) in [6.07, 6.45) is 1.78. The Morgan fingerprint density at radius 3 is 2.70 bits per heavy atom. The van der Waals surface area contributed by atoms with E-state index < -0.39 is 0 Å². The minimum absolute atomic E-state index is 0.162. The summed E-state index contributed by atoms with van der Waals surface area (Å²) in [5.74, 6) is -0.162. The highest BCUT2D eigenvalue weighted by molar-refractivity contribution is 6.38. The lowest BCUT2D eigenvalue weighted by molar-refractivity contribution is -0.110. The van der Waals surface area contributed by atoms with Gasteiger partial charge < -0.3 is 16.0 Å². The predicted octanol–water partition coefficient (Wildman–Crippen LogP) is 5.93. The summed E-state index contributed by atoms with van der Waals surface area (Å²) in [5.41, 5.74) is 6.76. The molecule has 33 heavy (non-hydrogen) atoms. The van der Waals surface area contributed by atoms with Crippen molar-refractivity contribution in [1.29, 1.82) is 0 Å². The first-order chi connectivity index (χ1) is 16.1. The number of rotatable bonds is 6. The first-order valence-electron chi connectivity index (χ1n) is 10.9. The van der Waals surface area contributed by atoms with Crippen LogP contribution in [0.25, 0.3) is 22.2 Å². The number of pyridine rings is 1. The summed E-state index contributed by atoms with van der Waals surface area (Å²) in [6, 6.07) is 23.6. The van der Waals surface area contributed by atoms with Crippen molar-refractivity contribution in [2.24, 2.45) is 0 Å². The normalized spacial score (nSPS) is 14.2. The molecule has 1 aromatic heterocycles. The number of halogens is 1. The lowest BCUT2D eigenvalue weighted by Gasteiger charge is -2.16. The third kappa shape index (κ3) is 4.33. The standard InChI is InChI=1S/C27H23ClN4O/c1-2-29-16-17-5-9-21(10-6-17)31-26(19-7-12-23-18(14-19)4-3-13-30-23)25-22-11-8-20(28)15-24(22)32-27(25)33/h3-15,29,31H,2,16H2,1H3,(H,32,33). The first kappa shape index (κ1) is 21.2. The van der Waals surface area contributed by atoms with Crippen LogP contribution in [-0.4, -0.2) is 17.4 Å². The molecule has 0 atom stereocenters. The molecule has 1 aliphatic rings. The van der Waals surface area contributed by atoms with E-state index in [0.717, 1.165) is 46.5 Å². The predicted molar refractivity (Wildman–Crippen MR) is 136 cm³/mol. The molecule has 1 amide bonds. The van der Waals surface area contributed by atoms with Gasteiger partial charge in [-0.15, -0.1) is 0 Å². The third-order valence-electron chi connectivity index (χ3n) is 5.67. The molecule has 0 aliphatic carbocycles. The van der Waals surface area contributed by atoms with Crippen molar-refractivity contribution < 1.29 is 4.79 Å². The van der Waals surface area contributed by atoms with Gasteiger partial charge in [0.05, 0.1) is 22.5 Å². The number of anilines is 2. The van der Waals surface area contributed by atoms with Crippen LogP contribution in [0.4, 0.5) is 11.4 Å². The van der Waals surface area contributed by atoms with Crippen LogP contribution in [0, 0.1) is 0 Å². The highest BCUT2D eigenvalue weighted by Crippen LogP contribution is 2.39. The summed E-state index contributed by atoms with van der Waals surface area (Å²) in [4.78, 5) is 17.5. The Hall–Kier alpha value is -3.67. The molecule has 0 bridgehead atoms. The Labute approximate surface area is 197 Å². The Balaban J connectivity index is 1.63. The molecule has 3 aromatic carbocycles. The van der Waals surface area contributed by atoms with Gasteiger partial charge in [-0.2, -0.15) is 0 Å². The summed E-state index contributed by atoms with van der Waals surface area (Å²) >= 11 is 6.17. The minimum Gasteiger partial charge on any atom is -0.354 e. The van der Waals surface area contributed by atoms with Crippen molar-refractivity contribution in [3.8, 4) is 0 Å². The molecular weight excluding hydrogens is 432 g/mol. The second-order valence-corrected chi connectivity index (χ2v) is 8.34. The van der Waals surface area contributed by atoms with Crippen LogP contribution in [0.5, 0.6) is 0 Å². The summed E-state index contributed by atoms with van der Waals surface area (Å²) < 4.78 is 0. The number of benzene rings is 3. The largest absolute Gasteiger partial charge is 0.354 e. The minimum atomic E-state index is -0.162. The van der Waals surface area contributed by atoms with Crippen molar-refractivity contribution in [3.63, 3.8) is 0 Å². The monoisotopic (exact) mass is 454 g/mol. The first-order valence-corrected chi connectivity index (χ1v) is 11.3. The number of aromatic nitrogens is 1. The van der Waals surface area contributed by atoms with Gasteiger partial charge >= 0.3 is 0 Å². The molecule has 164 valence electrons. The number of fused-ring (bicyclic) bond motifs is 2. The van der Waals surface area contributed by atoms with Crippen molar-refractivity contribution in [3.05, 3.63) is 101 Å². The van der Waals surface area contributed by atoms with Gasteiger partial charge in [-0.05, 0) is 60.1 Å². The van der Waals surface area contributed by atoms with Crippen LogP contribution in [-0.2, 0) is 11.3 Å². The van der Waals surface area contributed by atoms with E-state index in [1.807, 2.05) is 42.5 Å². The molecule has 0 spiro atoms. The van der Waals surface area contributed by atoms with E-state index >= 15 is 0 Å². The van der Waals surface area contributed by atoms with E-state index in [0.29, 0.717) is 16.3 Å². The zero-order valence-corrected chi connectivity index (χ0v) is 18.9. The Bertz CT molecular complexity index is 1380. The second-order valence-electron chi connectivity index (χ2n) is 7.91. The summed E-state index contributed by atoms with van der Waals surface area (Å²) in [7, 11) is 0. The van der Waals surface area contributed by atoms with Gasteiger partial charge in [0, 0.05) is 34.4 Å². The SMILES string of the molecule is CCNCc1ccc(NC(=C2C(=O)Nc3cc(Cl)ccc32)c2ccc3ncccc3c2)cc1. The Morgan fingerprint density at radius 1 is 1.03 bits per heavy atom. The quantitative estimate of drug-likeness (QED) is 0.316. The number of hydrogen-bond donors (Lipinski definition) is 3. The van der Waals surface area contributed by atoms with E-state index in [-0.39, 0.29) is 5.91 Å². The molecule has 0 saturated heterocycles. The van der Waals surface area contributed by atoms with E-state index in [1.54, 1.807) is 18.3 Å². The number of carbonyl (C=O) groups excluding carboxylic acids is 1. The molecule has 0 fully saturated rings. The van der Waals surface area contributed by atoms with Gasteiger partial charge in [0.15, 0.2) is 0 Å². The lowest BCUT2D eigenvalue weighted by Crippen LogP contribution is -2.12. The maximum atomic E-state index is 13.1. The number of amides is 1. The van der Waals surface area contributed by atoms with Gasteiger partial charge in [0.25, 0.3) is 5.91 Å². The number of nitrogens with one attached hydrogen (secondary N) is 3. The number of hydrogen-bond acceptors (Lipinski definition) is 4. The molecule has 3 N–H and O–H groups in total. The van der Waals surface area contributed by atoms with Crippen LogP contribution in [0.15, 0.2) is 79.0 Å². The van der Waals surface area contributed by atoms with E-state index in [2.05, 4.69) is 46.1 Å². The third-order valence-corrected chi connectivity index (χ3v) is 5.91. The molecule has 2 heterocycles. The van der Waals surface area contributed by atoms with Crippen LogP contribution in [0.3, 0.4) is 0 Å². The zero-order valence-electron chi connectivity index (χ0n) is 18.2. The Morgan fingerprint density at radius 2 is 1.88 bits per heavy atom. The smallest absolute Gasteiger partial charge is 0.258 e. The van der Waals surface area contributed by atoms with Gasteiger partial charge in [-0.25, -0.2) is 0 Å². The summed E-state index contributed by atoms with van der Waals surface area (Å²) in [6.45, 7) is 3.83. The van der Waals surface area contributed by atoms with Crippen molar-refractivity contribution in [1.82, 2.24) is 10.3 Å². The Kier molecular flexibility index (Phi) is 5.82. The van der Waals surface area contributed by atoms with Crippen molar-refractivity contribution in [2.45, 2.75) is 13.5 Å². The van der Waals surface area contributed by atoms with Gasteiger partial charge in [-0.3, -0.25) is 9.78 Å². The molecule has 5 rings (SSSR count). The van der Waals surface area contributed by atoms with E-state index in [4.69, 9.17) is 11.6 Å². The second kappa shape index (κ2) is 9.06. The summed E-state index contributed by atoms with van der Waals surface area (Å²) in [5, 5.41) is 11.4. The molecular formula is C27H23ClN4O. The molecule has 0 unspecified atom stereocenters. The topological polar surface area (TPSA) is 66.0 Å². The van der Waals surface area contributed by atoms with Crippen molar-refractivity contribution in [2.75, 3.05) is 17.2 Å². The van der Waals surface area contributed by atoms with Gasteiger partial charge in [0.2, 0.25) is 0 Å². The van der Waals surface area contributed by atoms with Crippen LogP contribution >= 0.6 is 11.6 Å². The van der Waals surface area contributed by atoms with E-state index in [9.17, 15) is 4.79 Å². The molecule has 5 nitrogen and oxygen atoms in total. The van der Waals surface area contributed by atoms with Crippen LogP contribution in [0.1, 0.15) is 23.6 Å². The number of carbonyl (C=O) groups is 1.